The Morgan fingerprint density at radius 2 is 2.12 bits per heavy atom. The average Bonchev–Trinajstić information content (AvgIpc) is 3.07. The Balaban J connectivity index is 1.48. The molecule has 1 aliphatic heterocycles. The highest BCUT2D eigenvalue weighted by atomic mass is 32.2. The van der Waals surface area contributed by atoms with Crippen molar-refractivity contribution >= 4 is 10.0 Å². The number of nitrogens with zero attached hydrogens (tertiary/aromatic N) is 2. The van der Waals surface area contributed by atoms with Crippen molar-refractivity contribution in [2.45, 2.75) is 25.1 Å². The molecule has 0 unspecified atom stereocenters. The second-order valence-corrected chi connectivity index (χ2v) is 8.22. The van der Waals surface area contributed by atoms with Crippen molar-refractivity contribution in [1.82, 2.24) is 19.6 Å². The summed E-state index contributed by atoms with van der Waals surface area (Å²) in [6.07, 6.45) is 5.69. The first-order valence-electron chi connectivity index (χ1n) is 8.31. The molecule has 1 saturated heterocycles. The molecule has 1 fully saturated rings. The maximum Gasteiger partial charge on any atom is 0.215 e. The SMILES string of the molecule is O=S(=O)(Cc1ccccc1)NC[C@@H]1CCCN(Cc2cnc[nH]2)C1. The van der Waals surface area contributed by atoms with Crippen molar-refractivity contribution in [3.63, 3.8) is 0 Å². The quantitative estimate of drug-likeness (QED) is 0.799. The van der Waals surface area contributed by atoms with Crippen LogP contribution in [0.25, 0.3) is 0 Å². The molecule has 0 bridgehead atoms. The molecule has 130 valence electrons. The first-order chi connectivity index (χ1) is 11.6. The number of likely N-dealkylation sites (tertiary alicyclic amines) is 1. The zero-order valence-corrected chi connectivity index (χ0v) is 14.5. The molecule has 6 nitrogen and oxygen atoms in total. The third-order valence-electron chi connectivity index (χ3n) is 4.34. The minimum absolute atomic E-state index is 0.0401. The normalized spacial score (nSPS) is 19.4. The van der Waals surface area contributed by atoms with Gasteiger partial charge in [0.05, 0.1) is 12.1 Å². The van der Waals surface area contributed by atoms with Crippen LogP contribution in [0.4, 0.5) is 0 Å². The van der Waals surface area contributed by atoms with E-state index >= 15 is 0 Å². The maximum absolute atomic E-state index is 12.2. The molecule has 2 aromatic rings. The van der Waals surface area contributed by atoms with E-state index in [1.807, 2.05) is 36.5 Å². The minimum atomic E-state index is -3.29. The number of H-pyrrole nitrogens is 1. The number of rotatable bonds is 7. The fraction of sp³-hybridized carbons (Fsp3) is 0.471. The molecule has 2 heterocycles. The molecule has 0 amide bonds. The highest BCUT2D eigenvalue weighted by Crippen LogP contribution is 2.18. The summed E-state index contributed by atoms with van der Waals surface area (Å²) in [6.45, 7) is 3.31. The summed E-state index contributed by atoms with van der Waals surface area (Å²) >= 11 is 0. The van der Waals surface area contributed by atoms with E-state index in [1.165, 1.54) is 0 Å². The summed E-state index contributed by atoms with van der Waals surface area (Å²) in [4.78, 5) is 9.51. The van der Waals surface area contributed by atoms with Crippen molar-refractivity contribution in [3.05, 3.63) is 54.1 Å². The van der Waals surface area contributed by atoms with E-state index in [1.54, 1.807) is 6.33 Å². The molecule has 0 aliphatic carbocycles. The number of aromatic amines is 1. The van der Waals surface area contributed by atoms with Crippen LogP contribution in [0, 0.1) is 5.92 Å². The van der Waals surface area contributed by atoms with E-state index in [2.05, 4.69) is 19.6 Å². The van der Waals surface area contributed by atoms with Gasteiger partial charge in [0.1, 0.15) is 0 Å². The zero-order chi connectivity index (χ0) is 16.8. The molecule has 0 spiro atoms. The number of benzene rings is 1. The number of hydrogen-bond donors (Lipinski definition) is 2. The molecule has 2 N–H and O–H groups in total. The van der Waals surface area contributed by atoms with Gasteiger partial charge in [0.15, 0.2) is 0 Å². The van der Waals surface area contributed by atoms with Gasteiger partial charge in [-0.15, -0.1) is 0 Å². The Morgan fingerprint density at radius 1 is 1.29 bits per heavy atom. The molecule has 3 rings (SSSR count). The van der Waals surface area contributed by atoms with Gasteiger partial charge < -0.3 is 4.98 Å². The highest BCUT2D eigenvalue weighted by Gasteiger charge is 2.22. The van der Waals surface area contributed by atoms with E-state index in [9.17, 15) is 8.42 Å². The molecular formula is C17H24N4O2S. The van der Waals surface area contributed by atoms with Crippen molar-refractivity contribution in [2.75, 3.05) is 19.6 Å². The number of aromatic nitrogens is 2. The van der Waals surface area contributed by atoms with Crippen LogP contribution in [0.2, 0.25) is 0 Å². The summed E-state index contributed by atoms with van der Waals surface area (Å²) in [5.41, 5.74) is 1.91. The summed E-state index contributed by atoms with van der Waals surface area (Å²) in [6, 6.07) is 9.29. The van der Waals surface area contributed by atoms with Gasteiger partial charge in [0.2, 0.25) is 10.0 Å². The van der Waals surface area contributed by atoms with Crippen LogP contribution in [0.5, 0.6) is 0 Å². The fourth-order valence-corrected chi connectivity index (χ4v) is 4.39. The zero-order valence-electron chi connectivity index (χ0n) is 13.7. The predicted molar refractivity (Wildman–Crippen MR) is 93.7 cm³/mol. The lowest BCUT2D eigenvalue weighted by Gasteiger charge is -2.32. The standard InChI is InChI=1S/C17H24N4O2S/c22-24(23,13-15-5-2-1-3-6-15)20-9-16-7-4-8-21(11-16)12-17-10-18-14-19-17/h1-3,5-6,10,14,16,20H,4,7-9,11-13H2,(H,18,19)/t16-/m0/s1. The largest absolute Gasteiger partial charge is 0.347 e. The number of hydrogen-bond acceptors (Lipinski definition) is 4. The molecule has 0 saturated carbocycles. The van der Waals surface area contributed by atoms with Gasteiger partial charge in [-0.2, -0.15) is 0 Å². The Hall–Kier alpha value is -1.70. The molecule has 1 aromatic carbocycles. The molecule has 1 atom stereocenters. The third-order valence-corrected chi connectivity index (χ3v) is 5.66. The Bertz CT molecular complexity index is 716. The minimum Gasteiger partial charge on any atom is -0.347 e. The van der Waals surface area contributed by atoms with Crippen LogP contribution >= 0.6 is 0 Å². The highest BCUT2D eigenvalue weighted by molar-refractivity contribution is 7.88. The maximum atomic E-state index is 12.2. The van der Waals surface area contributed by atoms with Gasteiger partial charge in [-0.25, -0.2) is 18.1 Å². The predicted octanol–water partition coefficient (Wildman–Crippen LogP) is 1.74. The second-order valence-electron chi connectivity index (χ2n) is 6.41. The summed E-state index contributed by atoms with van der Waals surface area (Å²) in [7, 11) is -3.29. The molecule has 24 heavy (non-hydrogen) atoms. The Kier molecular flexibility index (Phi) is 5.65. The van der Waals surface area contributed by atoms with E-state index in [0.29, 0.717) is 12.5 Å². The second kappa shape index (κ2) is 7.92. The number of nitrogens with one attached hydrogen (secondary N) is 2. The fourth-order valence-electron chi connectivity index (χ4n) is 3.16. The van der Waals surface area contributed by atoms with Gasteiger partial charge in [-0.05, 0) is 30.9 Å². The van der Waals surface area contributed by atoms with Crippen LogP contribution in [0.15, 0.2) is 42.9 Å². The van der Waals surface area contributed by atoms with Crippen LogP contribution in [0.3, 0.4) is 0 Å². The first-order valence-corrected chi connectivity index (χ1v) is 9.97. The lowest BCUT2D eigenvalue weighted by atomic mass is 9.98. The van der Waals surface area contributed by atoms with Crippen molar-refractivity contribution in [1.29, 1.82) is 0 Å². The molecule has 1 aromatic heterocycles. The Labute approximate surface area is 143 Å². The van der Waals surface area contributed by atoms with Gasteiger partial charge >= 0.3 is 0 Å². The summed E-state index contributed by atoms with van der Waals surface area (Å²) in [5, 5.41) is 0. The van der Waals surface area contributed by atoms with Crippen LogP contribution in [-0.4, -0.2) is 42.9 Å². The summed E-state index contributed by atoms with van der Waals surface area (Å²) < 4.78 is 27.3. The lowest BCUT2D eigenvalue weighted by Crippen LogP contribution is -2.40. The monoisotopic (exact) mass is 348 g/mol. The lowest BCUT2D eigenvalue weighted by molar-refractivity contribution is 0.167. The number of imidazole rings is 1. The van der Waals surface area contributed by atoms with Gasteiger partial charge in [0.25, 0.3) is 0 Å². The van der Waals surface area contributed by atoms with E-state index in [0.717, 1.165) is 43.7 Å². The van der Waals surface area contributed by atoms with E-state index in [-0.39, 0.29) is 5.75 Å². The smallest absolute Gasteiger partial charge is 0.215 e. The van der Waals surface area contributed by atoms with Crippen molar-refractivity contribution in [2.24, 2.45) is 5.92 Å². The molecular weight excluding hydrogens is 324 g/mol. The van der Waals surface area contributed by atoms with Gasteiger partial charge in [0, 0.05) is 31.5 Å². The number of sulfonamides is 1. The van der Waals surface area contributed by atoms with E-state index < -0.39 is 10.0 Å². The molecule has 0 radical (unpaired) electrons. The molecule has 7 heteroatoms. The topological polar surface area (TPSA) is 78.1 Å². The van der Waals surface area contributed by atoms with Crippen LogP contribution in [-0.2, 0) is 22.3 Å². The van der Waals surface area contributed by atoms with Crippen LogP contribution < -0.4 is 4.72 Å². The van der Waals surface area contributed by atoms with Gasteiger partial charge in [-0.3, -0.25) is 4.90 Å². The average molecular weight is 348 g/mol. The van der Waals surface area contributed by atoms with Crippen molar-refractivity contribution < 1.29 is 8.42 Å². The van der Waals surface area contributed by atoms with Gasteiger partial charge in [-0.1, -0.05) is 30.3 Å². The Morgan fingerprint density at radius 3 is 2.88 bits per heavy atom. The third kappa shape index (κ3) is 5.15. The summed E-state index contributed by atoms with van der Waals surface area (Å²) in [5.74, 6) is 0.394. The van der Waals surface area contributed by atoms with E-state index in [4.69, 9.17) is 0 Å². The number of piperidine rings is 1. The van der Waals surface area contributed by atoms with Crippen LogP contribution in [0.1, 0.15) is 24.1 Å². The van der Waals surface area contributed by atoms with Crippen molar-refractivity contribution in [3.8, 4) is 0 Å². The first kappa shape index (κ1) is 17.1. The molecule has 1 aliphatic rings.